The normalized spacial score (nSPS) is 12.9. The number of rotatable bonds is 6. The molecule has 1 heterocycles. The van der Waals surface area contributed by atoms with E-state index in [-0.39, 0.29) is 18.4 Å². The highest BCUT2D eigenvalue weighted by atomic mass is 32.1. The number of amides is 2. The number of primary amides is 1. The lowest BCUT2D eigenvalue weighted by molar-refractivity contribution is -0.138. The van der Waals surface area contributed by atoms with Crippen LogP contribution in [0, 0.1) is 12.8 Å². The van der Waals surface area contributed by atoms with E-state index in [4.69, 9.17) is 23.7 Å². The van der Waals surface area contributed by atoms with Crippen LogP contribution in [-0.4, -0.2) is 48.4 Å². The van der Waals surface area contributed by atoms with Gasteiger partial charge in [-0.1, -0.05) is 103 Å². The Hall–Kier alpha value is -3.81. The Morgan fingerprint density at radius 2 is 1.40 bits per heavy atom. The van der Waals surface area contributed by atoms with Crippen LogP contribution in [0.15, 0.2) is 84.9 Å². The van der Waals surface area contributed by atoms with Crippen LogP contribution in [-0.2, 0) is 16.0 Å². The zero-order valence-electron chi connectivity index (χ0n) is 23.4. The molecule has 0 radical (unpaired) electrons. The van der Waals surface area contributed by atoms with Crippen molar-refractivity contribution in [3.05, 3.63) is 96.1 Å². The summed E-state index contributed by atoms with van der Waals surface area (Å²) in [5, 5.41) is 8.38. The number of nitrogens with zero attached hydrogens (tertiary/aromatic N) is 1. The Kier molecular flexibility index (Phi) is 12.1. The molecule has 0 atom stereocenters. The molecule has 0 spiro atoms. The topological polar surface area (TPSA) is 101 Å². The SMILES string of the molecule is CN(CC(N)=O)C(=O)C1CCNCC1.Cc1ccc2ccccc2c1.NC(=S)CCc1ccc2ccccc2c1. The van der Waals surface area contributed by atoms with Crippen molar-refractivity contribution >= 4 is 50.6 Å². The van der Waals surface area contributed by atoms with E-state index in [9.17, 15) is 9.59 Å². The van der Waals surface area contributed by atoms with Crippen LogP contribution in [0.4, 0.5) is 0 Å². The Balaban J connectivity index is 0.000000167. The zero-order chi connectivity index (χ0) is 28.9. The molecule has 1 aliphatic rings. The van der Waals surface area contributed by atoms with Crippen LogP contribution in [0.3, 0.4) is 0 Å². The van der Waals surface area contributed by atoms with E-state index in [2.05, 4.69) is 97.2 Å². The fourth-order valence-electron chi connectivity index (χ4n) is 4.66. The Bertz CT molecular complexity index is 1430. The molecule has 40 heavy (non-hydrogen) atoms. The van der Waals surface area contributed by atoms with E-state index in [0.717, 1.165) is 38.8 Å². The average Bonchev–Trinajstić information content (AvgIpc) is 2.96. The minimum Gasteiger partial charge on any atom is -0.393 e. The lowest BCUT2D eigenvalue weighted by Gasteiger charge is -2.26. The number of likely N-dealkylation sites (N-methyl/N-ethyl adjacent to an activating group) is 1. The number of hydrogen-bond acceptors (Lipinski definition) is 4. The van der Waals surface area contributed by atoms with Gasteiger partial charge >= 0.3 is 0 Å². The number of aryl methyl sites for hydroxylation is 2. The standard InChI is InChI=1S/C13H13NS.C11H10.C9H17N3O2/c14-13(15)8-6-10-5-7-11-3-1-2-4-12(11)9-10;1-9-6-7-10-4-2-3-5-11(10)8-9;1-12(6-8(10)13)9(14)7-2-4-11-5-3-7/h1-5,7,9H,6,8H2,(H2,14,15);2-8H,1H3;7,11H,2-6H2,1H3,(H2,10,13). The van der Waals surface area contributed by atoms with Gasteiger partial charge in [0.15, 0.2) is 0 Å². The summed E-state index contributed by atoms with van der Waals surface area (Å²) in [7, 11) is 1.62. The number of nitrogens with one attached hydrogen (secondary N) is 1. The maximum atomic E-state index is 11.7. The molecule has 0 aromatic heterocycles. The highest BCUT2D eigenvalue weighted by Gasteiger charge is 2.24. The first-order valence-corrected chi connectivity index (χ1v) is 14.1. The van der Waals surface area contributed by atoms with Gasteiger partial charge in [-0.3, -0.25) is 9.59 Å². The van der Waals surface area contributed by atoms with Crippen molar-refractivity contribution in [2.45, 2.75) is 32.6 Å². The maximum absolute atomic E-state index is 11.7. The Morgan fingerprint density at radius 1 is 0.850 bits per heavy atom. The third-order valence-electron chi connectivity index (χ3n) is 6.84. The van der Waals surface area contributed by atoms with E-state index in [1.54, 1.807) is 7.05 Å². The van der Waals surface area contributed by atoms with Gasteiger partial charge < -0.3 is 21.7 Å². The summed E-state index contributed by atoms with van der Waals surface area (Å²) in [5.41, 5.74) is 13.1. The summed E-state index contributed by atoms with van der Waals surface area (Å²) in [6.07, 6.45) is 3.41. The third kappa shape index (κ3) is 10.1. The van der Waals surface area contributed by atoms with E-state index in [0.29, 0.717) is 4.99 Å². The summed E-state index contributed by atoms with van der Waals surface area (Å²) in [5.74, 6) is -0.374. The lowest BCUT2D eigenvalue weighted by atomic mass is 9.97. The summed E-state index contributed by atoms with van der Waals surface area (Å²) >= 11 is 4.87. The van der Waals surface area contributed by atoms with Crippen LogP contribution < -0.4 is 16.8 Å². The molecular weight excluding hydrogens is 516 g/mol. The first kappa shape index (κ1) is 30.7. The monoisotopic (exact) mass is 556 g/mol. The fourth-order valence-corrected chi connectivity index (χ4v) is 4.76. The number of carbonyl (C=O) groups excluding carboxylic acids is 2. The second-order valence-electron chi connectivity index (χ2n) is 10.2. The molecule has 1 saturated heterocycles. The average molecular weight is 557 g/mol. The van der Waals surface area contributed by atoms with Crippen molar-refractivity contribution in [3.63, 3.8) is 0 Å². The smallest absolute Gasteiger partial charge is 0.237 e. The highest BCUT2D eigenvalue weighted by Crippen LogP contribution is 2.17. The van der Waals surface area contributed by atoms with Crippen molar-refractivity contribution < 1.29 is 9.59 Å². The van der Waals surface area contributed by atoms with E-state index in [1.807, 2.05) is 0 Å². The Labute approximate surface area is 242 Å². The highest BCUT2D eigenvalue weighted by molar-refractivity contribution is 7.80. The van der Waals surface area contributed by atoms with Gasteiger partial charge in [0, 0.05) is 19.4 Å². The van der Waals surface area contributed by atoms with Crippen LogP contribution in [0.2, 0.25) is 0 Å². The number of nitrogens with two attached hydrogens (primary N) is 2. The first-order chi connectivity index (χ1) is 19.2. The van der Waals surface area contributed by atoms with Gasteiger partial charge in [0.1, 0.15) is 0 Å². The fraction of sp³-hybridized carbons (Fsp3) is 0.303. The minimum absolute atomic E-state index is 0.0166. The molecule has 0 aliphatic carbocycles. The number of benzene rings is 4. The number of thiocarbonyl (C=S) groups is 1. The second kappa shape index (κ2) is 15.7. The van der Waals surface area contributed by atoms with E-state index >= 15 is 0 Å². The van der Waals surface area contributed by atoms with Crippen LogP contribution in [0.1, 0.15) is 30.4 Å². The number of fused-ring (bicyclic) bond motifs is 2. The lowest BCUT2D eigenvalue weighted by Crippen LogP contribution is -2.42. The van der Waals surface area contributed by atoms with Crippen LogP contribution in [0.25, 0.3) is 21.5 Å². The summed E-state index contributed by atoms with van der Waals surface area (Å²) < 4.78 is 0. The van der Waals surface area contributed by atoms with Gasteiger partial charge in [0.2, 0.25) is 11.8 Å². The first-order valence-electron chi connectivity index (χ1n) is 13.7. The molecule has 0 bridgehead atoms. The number of piperidine rings is 1. The molecule has 2 amide bonds. The van der Waals surface area contributed by atoms with Crippen molar-refractivity contribution in [2.24, 2.45) is 17.4 Å². The summed E-state index contributed by atoms with van der Waals surface area (Å²) in [6, 6.07) is 29.8. The minimum atomic E-state index is -0.463. The molecule has 4 aromatic carbocycles. The molecule has 210 valence electrons. The second-order valence-corrected chi connectivity index (χ2v) is 10.7. The molecule has 6 nitrogen and oxygen atoms in total. The molecule has 7 heteroatoms. The van der Waals surface area contributed by atoms with Gasteiger partial charge in [-0.05, 0) is 66.4 Å². The molecule has 5 rings (SSSR count). The molecule has 4 aromatic rings. The molecular formula is C33H40N4O2S. The van der Waals surface area contributed by atoms with E-state index in [1.165, 1.54) is 37.6 Å². The third-order valence-corrected chi connectivity index (χ3v) is 7.04. The number of carbonyl (C=O) groups is 2. The molecule has 0 saturated carbocycles. The van der Waals surface area contributed by atoms with Gasteiger partial charge in [-0.15, -0.1) is 0 Å². The van der Waals surface area contributed by atoms with Crippen molar-refractivity contribution in [1.29, 1.82) is 0 Å². The summed E-state index contributed by atoms with van der Waals surface area (Å²) in [6.45, 7) is 3.89. The van der Waals surface area contributed by atoms with Gasteiger partial charge in [-0.25, -0.2) is 0 Å². The molecule has 1 fully saturated rings. The molecule has 0 unspecified atom stereocenters. The van der Waals surface area contributed by atoms with Crippen molar-refractivity contribution in [2.75, 3.05) is 26.7 Å². The molecule has 1 aliphatic heterocycles. The van der Waals surface area contributed by atoms with Gasteiger partial charge in [-0.2, -0.15) is 0 Å². The van der Waals surface area contributed by atoms with E-state index < -0.39 is 5.91 Å². The number of hydrogen-bond donors (Lipinski definition) is 3. The van der Waals surface area contributed by atoms with Gasteiger partial charge in [0.25, 0.3) is 0 Å². The maximum Gasteiger partial charge on any atom is 0.237 e. The van der Waals surface area contributed by atoms with Crippen LogP contribution in [0.5, 0.6) is 0 Å². The van der Waals surface area contributed by atoms with Crippen molar-refractivity contribution in [1.82, 2.24) is 10.2 Å². The van der Waals surface area contributed by atoms with Gasteiger partial charge in [0.05, 0.1) is 11.5 Å². The predicted molar refractivity (Wildman–Crippen MR) is 170 cm³/mol. The van der Waals surface area contributed by atoms with Crippen LogP contribution >= 0.6 is 12.2 Å². The zero-order valence-corrected chi connectivity index (χ0v) is 24.3. The quantitative estimate of drug-likeness (QED) is 0.286. The Morgan fingerprint density at radius 3 is 1.98 bits per heavy atom. The molecule has 5 N–H and O–H groups in total. The van der Waals surface area contributed by atoms with Crippen molar-refractivity contribution in [3.8, 4) is 0 Å². The largest absolute Gasteiger partial charge is 0.393 e. The summed E-state index contributed by atoms with van der Waals surface area (Å²) in [4.78, 5) is 24.3. The predicted octanol–water partition coefficient (Wildman–Crippen LogP) is 5.14.